The molecule has 1 atom stereocenters. The summed E-state index contributed by atoms with van der Waals surface area (Å²) < 4.78 is 13.3. The van der Waals surface area contributed by atoms with E-state index in [4.69, 9.17) is 10.8 Å². The minimum atomic E-state index is -1.05. The molecule has 0 saturated carbocycles. The first-order chi connectivity index (χ1) is 8.91. The second kappa shape index (κ2) is 7.05. The molecule has 1 rings (SSSR count). The zero-order valence-electron chi connectivity index (χ0n) is 9.91. The van der Waals surface area contributed by atoms with Crippen molar-refractivity contribution in [1.29, 1.82) is 0 Å². The molecule has 1 aromatic rings. The summed E-state index contributed by atoms with van der Waals surface area (Å²) in [6, 6.07) is 2.81. The summed E-state index contributed by atoms with van der Waals surface area (Å²) in [5, 5.41) is 19.0. The van der Waals surface area contributed by atoms with E-state index in [1.54, 1.807) is 0 Å². The van der Waals surface area contributed by atoms with Crippen LogP contribution in [0.2, 0.25) is 0 Å². The van der Waals surface area contributed by atoms with Gasteiger partial charge in [0.2, 0.25) is 5.82 Å². The molecule has 0 aliphatic heterocycles. The Kier molecular flexibility index (Phi) is 5.71. The number of nitrogens with zero attached hydrogens (tertiary/aromatic N) is 1. The van der Waals surface area contributed by atoms with Gasteiger partial charge in [-0.05, 0) is 23.8 Å². The Balaban J connectivity index is 2.44. The number of aliphatic carboxylic acids is 1. The minimum Gasteiger partial charge on any atom is -0.480 e. The summed E-state index contributed by atoms with van der Waals surface area (Å²) in [4.78, 5) is 20.1. The number of nitro groups is 1. The fourth-order valence-electron chi connectivity index (χ4n) is 1.31. The van der Waals surface area contributed by atoms with Crippen LogP contribution < -0.4 is 5.73 Å². The average molecular weight is 288 g/mol. The van der Waals surface area contributed by atoms with Crippen molar-refractivity contribution in [3.63, 3.8) is 0 Å². The number of nitro benzene ring substituents is 1. The Labute approximate surface area is 112 Å². The van der Waals surface area contributed by atoms with Gasteiger partial charge in [-0.15, -0.1) is 0 Å². The Bertz CT molecular complexity index is 484. The van der Waals surface area contributed by atoms with Gasteiger partial charge in [0, 0.05) is 11.8 Å². The lowest BCUT2D eigenvalue weighted by Gasteiger charge is -2.06. The van der Waals surface area contributed by atoms with Crippen LogP contribution in [0.3, 0.4) is 0 Å². The molecule has 0 spiro atoms. The third-order valence-corrected chi connectivity index (χ3v) is 3.43. The van der Waals surface area contributed by atoms with Crippen molar-refractivity contribution in [3.05, 3.63) is 39.7 Å². The van der Waals surface area contributed by atoms with E-state index in [-0.39, 0.29) is 0 Å². The normalized spacial score (nSPS) is 12.1. The fourth-order valence-corrected chi connectivity index (χ4v) is 2.29. The number of thioether (sulfide) groups is 1. The number of halogens is 1. The summed E-state index contributed by atoms with van der Waals surface area (Å²) >= 11 is 1.40. The van der Waals surface area contributed by atoms with Crippen LogP contribution in [0.15, 0.2) is 18.2 Å². The maximum absolute atomic E-state index is 13.3. The molecular formula is C11H13FN2O4S. The number of carbonyl (C=O) groups is 1. The van der Waals surface area contributed by atoms with E-state index < -0.39 is 28.4 Å². The number of carboxylic acid groups (broad SMARTS) is 1. The van der Waals surface area contributed by atoms with E-state index in [2.05, 4.69) is 0 Å². The van der Waals surface area contributed by atoms with Crippen molar-refractivity contribution >= 4 is 23.4 Å². The van der Waals surface area contributed by atoms with Crippen molar-refractivity contribution in [1.82, 2.24) is 0 Å². The fraction of sp³-hybridized carbons (Fsp3) is 0.364. The van der Waals surface area contributed by atoms with Gasteiger partial charge in [-0.1, -0.05) is 6.07 Å². The highest BCUT2D eigenvalue weighted by atomic mass is 32.2. The molecule has 0 saturated heterocycles. The number of rotatable bonds is 7. The lowest BCUT2D eigenvalue weighted by molar-refractivity contribution is -0.387. The molecule has 1 aromatic carbocycles. The SMILES string of the molecule is NC(CCSCc1ccc([N+](=O)[O-])c(F)c1)C(=O)O. The number of nitrogens with two attached hydrogens (primary N) is 1. The largest absolute Gasteiger partial charge is 0.480 e. The first-order valence-electron chi connectivity index (χ1n) is 5.40. The summed E-state index contributed by atoms with van der Waals surface area (Å²) in [5.74, 6) is -0.958. The quantitative estimate of drug-likeness (QED) is 0.450. The maximum Gasteiger partial charge on any atom is 0.320 e. The summed E-state index contributed by atoms with van der Waals surface area (Å²) in [6.45, 7) is 0. The molecule has 0 aromatic heterocycles. The number of benzene rings is 1. The molecule has 0 radical (unpaired) electrons. The molecule has 0 fully saturated rings. The van der Waals surface area contributed by atoms with Crippen molar-refractivity contribution in [2.45, 2.75) is 18.2 Å². The Morgan fingerprint density at radius 1 is 1.58 bits per heavy atom. The van der Waals surface area contributed by atoms with E-state index in [1.807, 2.05) is 0 Å². The molecule has 0 aliphatic carbocycles. The van der Waals surface area contributed by atoms with Crippen LogP contribution in [-0.2, 0) is 10.5 Å². The maximum atomic E-state index is 13.3. The molecule has 0 amide bonds. The van der Waals surface area contributed by atoms with E-state index in [0.717, 1.165) is 12.1 Å². The van der Waals surface area contributed by atoms with E-state index in [1.165, 1.54) is 17.8 Å². The van der Waals surface area contributed by atoms with Gasteiger partial charge in [0.15, 0.2) is 0 Å². The van der Waals surface area contributed by atoms with Gasteiger partial charge in [0.1, 0.15) is 6.04 Å². The smallest absolute Gasteiger partial charge is 0.320 e. The lowest BCUT2D eigenvalue weighted by atomic mass is 10.2. The highest BCUT2D eigenvalue weighted by Gasteiger charge is 2.14. The molecule has 19 heavy (non-hydrogen) atoms. The van der Waals surface area contributed by atoms with Crippen LogP contribution >= 0.6 is 11.8 Å². The molecule has 0 heterocycles. The molecule has 0 aliphatic rings. The first-order valence-corrected chi connectivity index (χ1v) is 6.56. The molecule has 0 bridgehead atoms. The monoisotopic (exact) mass is 288 g/mol. The number of hydrogen-bond donors (Lipinski definition) is 2. The van der Waals surface area contributed by atoms with Crippen molar-refractivity contribution in [2.75, 3.05) is 5.75 Å². The van der Waals surface area contributed by atoms with Crippen LogP contribution in [0, 0.1) is 15.9 Å². The van der Waals surface area contributed by atoms with Gasteiger partial charge in [0.25, 0.3) is 0 Å². The predicted octanol–water partition coefficient (Wildman–Crippen LogP) is 1.77. The first kappa shape index (κ1) is 15.4. The molecule has 8 heteroatoms. The van der Waals surface area contributed by atoms with E-state index in [9.17, 15) is 19.3 Å². The topological polar surface area (TPSA) is 106 Å². The zero-order chi connectivity index (χ0) is 14.4. The van der Waals surface area contributed by atoms with Crippen LogP contribution in [0.25, 0.3) is 0 Å². The molecule has 6 nitrogen and oxygen atoms in total. The van der Waals surface area contributed by atoms with E-state index >= 15 is 0 Å². The zero-order valence-corrected chi connectivity index (χ0v) is 10.7. The number of carboxylic acids is 1. The lowest BCUT2D eigenvalue weighted by Crippen LogP contribution is -2.30. The third-order valence-electron chi connectivity index (χ3n) is 2.37. The van der Waals surface area contributed by atoms with Crippen molar-refractivity contribution in [2.24, 2.45) is 5.73 Å². The second-order valence-corrected chi connectivity index (χ2v) is 4.93. The highest BCUT2D eigenvalue weighted by Crippen LogP contribution is 2.21. The summed E-state index contributed by atoms with van der Waals surface area (Å²) in [6.07, 6.45) is 0.315. The standard InChI is InChI=1S/C11H13FN2O4S/c12-8-5-7(1-2-10(8)14(17)18)6-19-4-3-9(13)11(15)16/h1-2,5,9H,3-4,6,13H2,(H,15,16). The third kappa shape index (κ3) is 4.84. The minimum absolute atomic E-state index is 0.315. The molecule has 1 unspecified atom stereocenters. The van der Waals surface area contributed by atoms with Gasteiger partial charge < -0.3 is 10.8 Å². The van der Waals surface area contributed by atoms with Crippen LogP contribution in [0.1, 0.15) is 12.0 Å². The summed E-state index contributed by atoms with van der Waals surface area (Å²) in [7, 11) is 0. The second-order valence-electron chi connectivity index (χ2n) is 3.83. The Morgan fingerprint density at radius 2 is 2.26 bits per heavy atom. The average Bonchev–Trinajstić information content (AvgIpc) is 2.33. The molecule has 3 N–H and O–H groups in total. The van der Waals surface area contributed by atoms with Crippen molar-refractivity contribution < 1.29 is 19.2 Å². The van der Waals surface area contributed by atoms with Crippen LogP contribution in [0.4, 0.5) is 10.1 Å². The van der Waals surface area contributed by atoms with Crippen LogP contribution in [-0.4, -0.2) is 27.8 Å². The molecule has 104 valence electrons. The Morgan fingerprint density at radius 3 is 2.79 bits per heavy atom. The van der Waals surface area contributed by atoms with Gasteiger partial charge >= 0.3 is 11.7 Å². The van der Waals surface area contributed by atoms with Gasteiger partial charge in [-0.25, -0.2) is 0 Å². The Hall–Kier alpha value is -1.67. The van der Waals surface area contributed by atoms with Gasteiger partial charge in [-0.2, -0.15) is 16.2 Å². The van der Waals surface area contributed by atoms with Gasteiger partial charge in [0.05, 0.1) is 4.92 Å². The molecular weight excluding hydrogens is 275 g/mol. The predicted molar refractivity (Wildman–Crippen MR) is 69.4 cm³/mol. The number of hydrogen-bond acceptors (Lipinski definition) is 5. The van der Waals surface area contributed by atoms with Gasteiger partial charge in [-0.3, -0.25) is 14.9 Å². The highest BCUT2D eigenvalue weighted by molar-refractivity contribution is 7.98. The van der Waals surface area contributed by atoms with Crippen LogP contribution in [0.5, 0.6) is 0 Å². The van der Waals surface area contributed by atoms with Crippen molar-refractivity contribution in [3.8, 4) is 0 Å². The van der Waals surface area contributed by atoms with E-state index in [0.29, 0.717) is 23.5 Å². The summed E-state index contributed by atoms with van der Waals surface area (Å²) in [5.41, 5.74) is 5.38.